The molecule has 2 aliphatic heterocycles. The van der Waals surface area contributed by atoms with Crippen LogP contribution in [0.25, 0.3) is 15.9 Å². The normalized spacial score (nSPS) is 25.0. The molecule has 3 aromatic rings. The topological polar surface area (TPSA) is 67.6 Å². The largest absolute Gasteiger partial charge is 0.490 e. The van der Waals surface area contributed by atoms with Gasteiger partial charge >= 0.3 is 0 Å². The number of aromatic nitrogens is 2. The van der Waals surface area contributed by atoms with Gasteiger partial charge in [-0.15, -0.1) is 11.3 Å². The van der Waals surface area contributed by atoms with E-state index in [4.69, 9.17) is 4.74 Å². The Kier molecular flexibility index (Phi) is 5.13. The number of rotatable bonds is 5. The number of aliphatic hydroxyl groups excluding tert-OH is 1. The maximum Gasteiger partial charge on any atom is 0.275 e. The molecule has 4 heterocycles. The van der Waals surface area contributed by atoms with Crippen LogP contribution in [0.15, 0.2) is 41.5 Å². The van der Waals surface area contributed by atoms with E-state index in [0.29, 0.717) is 28.7 Å². The van der Waals surface area contributed by atoms with Crippen LogP contribution in [0.1, 0.15) is 37.5 Å². The number of nitrogens with zero attached hydrogens (tertiary/aromatic N) is 3. The Labute approximate surface area is 179 Å². The minimum Gasteiger partial charge on any atom is -0.490 e. The Bertz CT molecular complexity index is 1090. The van der Waals surface area contributed by atoms with E-state index < -0.39 is 6.10 Å². The predicted octanol–water partition coefficient (Wildman–Crippen LogP) is 3.37. The fraction of sp³-hybridized carbons (Fsp3) is 0.478. The van der Waals surface area contributed by atoms with Crippen molar-refractivity contribution < 1.29 is 9.84 Å². The van der Waals surface area contributed by atoms with E-state index in [1.54, 1.807) is 17.8 Å². The summed E-state index contributed by atoms with van der Waals surface area (Å²) in [5.41, 5.74) is 1.38. The maximum absolute atomic E-state index is 13.0. The highest BCUT2D eigenvalue weighted by molar-refractivity contribution is 7.18. The van der Waals surface area contributed by atoms with Crippen molar-refractivity contribution in [1.82, 2.24) is 14.5 Å². The minimum absolute atomic E-state index is 0.0811. The van der Waals surface area contributed by atoms with Gasteiger partial charge in [-0.2, -0.15) is 0 Å². The molecule has 2 aromatic heterocycles. The van der Waals surface area contributed by atoms with Crippen LogP contribution >= 0.6 is 11.3 Å². The van der Waals surface area contributed by atoms with Gasteiger partial charge in [0.15, 0.2) is 0 Å². The van der Waals surface area contributed by atoms with Gasteiger partial charge < -0.3 is 14.7 Å². The molecule has 0 spiro atoms. The zero-order valence-electron chi connectivity index (χ0n) is 17.3. The summed E-state index contributed by atoms with van der Waals surface area (Å²) in [4.78, 5) is 20.9. The van der Waals surface area contributed by atoms with Crippen molar-refractivity contribution in [2.24, 2.45) is 0 Å². The van der Waals surface area contributed by atoms with Crippen molar-refractivity contribution in [3.05, 3.63) is 51.9 Å². The van der Waals surface area contributed by atoms with Crippen LogP contribution in [0.3, 0.4) is 0 Å². The van der Waals surface area contributed by atoms with Gasteiger partial charge in [0.25, 0.3) is 5.56 Å². The standard InChI is InChI=1S/C23H27N3O3S/c1-14(27)9-20-12-21-22(30-20)23(28)26(13-24-21)15-5-7-18(8-6-15)29-19-10-16-3-4-17(11-19)25(16)2/h5-8,12-14,16-17,19,27H,3-4,9-11H2,1-2H3/t14?,16-,17+,19?. The van der Waals surface area contributed by atoms with Crippen molar-refractivity contribution in [2.75, 3.05) is 7.05 Å². The number of hydrogen-bond acceptors (Lipinski definition) is 6. The van der Waals surface area contributed by atoms with Crippen LogP contribution in [0.2, 0.25) is 0 Å². The maximum atomic E-state index is 13.0. The van der Waals surface area contributed by atoms with Gasteiger partial charge in [-0.25, -0.2) is 4.98 Å². The number of piperidine rings is 1. The summed E-state index contributed by atoms with van der Waals surface area (Å²) < 4.78 is 8.46. The highest BCUT2D eigenvalue weighted by atomic mass is 32.1. The van der Waals surface area contributed by atoms with Gasteiger partial charge in [0.05, 0.1) is 17.3 Å². The molecule has 158 valence electrons. The lowest BCUT2D eigenvalue weighted by Gasteiger charge is -2.36. The fourth-order valence-corrected chi connectivity index (χ4v) is 6.03. The van der Waals surface area contributed by atoms with Gasteiger partial charge in [0.1, 0.15) is 22.9 Å². The first-order valence-electron chi connectivity index (χ1n) is 10.6. The van der Waals surface area contributed by atoms with E-state index >= 15 is 0 Å². The highest BCUT2D eigenvalue weighted by Gasteiger charge is 2.39. The molecule has 1 N–H and O–H groups in total. The van der Waals surface area contributed by atoms with Crippen LogP contribution < -0.4 is 10.3 Å². The van der Waals surface area contributed by atoms with Crippen LogP contribution in [-0.2, 0) is 6.42 Å². The molecule has 5 rings (SSSR count). The first-order valence-corrected chi connectivity index (χ1v) is 11.5. The molecular formula is C23H27N3O3S. The monoisotopic (exact) mass is 425 g/mol. The lowest BCUT2D eigenvalue weighted by Crippen LogP contribution is -2.43. The smallest absolute Gasteiger partial charge is 0.275 e. The molecule has 2 aliphatic rings. The molecule has 0 saturated carbocycles. The van der Waals surface area contributed by atoms with Crippen molar-refractivity contribution >= 4 is 21.6 Å². The molecule has 6 nitrogen and oxygen atoms in total. The van der Waals surface area contributed by atoms with Gasteiger partial charge in [0.2, 0.25) is 0 Å². The molecule has 4 atom stereocenters. The van der Waals surface area contributed by atoms with E-state index in [2.05, 4.69) is 16.9 Å². The third kappa shape index (κ3) is 3.66. The average Bonchev–Trinajstić information content (AvgIpc) is 3.19. The van der Waals surface area contributed by atoms with E-state index in [9.17, 15) is 9.90 Å². The van der Waals surface area contributed by atoms with E-state index in [-0.39, 0.29) is 11.7 Å². The molecule has 2 bridgehead atoms. The van der Waals surface area contributed by atoms with Crippen molar-refractivity contribution in [3.63, 3.8) is 0 Å². The molecule has 1 aromatic carbocycles. The minimum atomic E-state index is -0.437. The Morgan fingerprint density at radius 3 is 2.60 bits per heavy atom. The molecule has 0 amide bonds. The number of thiophene rings is 1. The Hall–Kier alpha value is -2.22. The van der Waals surface area contributed by atoms with Gasteiger partial charge in [-0.1, -0.05) is 0 Å². The Morgan fingerprint density at radius 1 is 1.23 bits per heavy atom. The number of ether oxygens (including phenoxy) is 1. The highest BCUT2D eigenvalue weighted by Crippen LogP contribution is 2.36. The summed E-state index contributed by atoms with van der Waals surface area (Å²) in [6.45, 7) is 1.75. The molecule has 0 aliphatic carbocycles. The summed E-state index contributed by atoms with van der Waals surface area (Å²) in [6.07, 6.45) is 6.67. The first-order chi connectivity index (χ1) is 14.5. The van der Waals surface area contributed by atoms with Crippen molar-refractivity contribution in [2.45, 2.75) is 63.3 Å². The number of hydrogen-bond donors (Lipinski definition) is 1. The van der Waals surface area contributed by atoms with Gasteiger partial charge in [-0.3, -0.25) is 9.36 Å². The third-order valence-electron chi connectivity index (χ3n) is 6.46. The van der Waals surface area contributed by atoms with Crippen molar-refractivity contribution in [3.8, 4) is 11.4 Å². The van der Waals surface area contributed by atoms with Crippen LogP contribution in [-0.4, -0.2) is 50.9 Å². The summed E-state index contributed by atoms with van der Waals surface area (Å²) in [6, 6.07) is 10.9. The SMILES string of the molecule is CC(O)Cc1cc2ncn(-c3ccc(OC4C[C@H]5CC[C@@H](C4)N5C)cc3)c(=O)c2s1. The molecule has 7 heteroatoms. The van der Waals surface area contributed by atoms with Crippen LogP contribution in [0.5, 0.6) is 5.75 Å². The summed E-state index contributed by atoms with van der Waals surface area (Å²) in [5, 5.41) is 9.61. The predicted molar refractivity (Wildman–Crippen MR) is 119 cm³/mol. The zero-order chi connectivity index (χ0) is 20.8. The Morgan fingerprint density at radius 2 is 1.93 bits per heavy atom. The summed E-state index contributed by atoms with van der Waals surface area (Å²) in [5.74, 6) is 0.852. The average molecular weight is 426 g/mol. The van der Waals surface area contributed by atoms with E-state index in [1.807, 2.05) is 30.3 Å². The second kappa shape index (κ2) is 7.80. The van der Waals surface area contributed by atoms with E-state index in [0.717, 1.165) is 29.2 Å². The van der Waals surface area contributed by atoms with Crippen molar-refractivity contribution in [1.29, 1.82) is 0 Å². The number of fused-ring (bicyclic) bond motifs is 3. The molecular weight excluding hydrogens is 398 g/mol. The summed E-state index contributed by atoms with van der Waals surface area (Å²) >= 11 is 1.41. The number of benzene rings is 1. The summed E-state index contributed by atoms with van der Waals surface area (Å²) in [7, 11) is 2.23. The van der Waals surface area contributed by atoms with Gasteiger partial charge in [0, 0.05) is 23.4 Å². The molecule has 2 fully saturated rings. The zero-order valence-corrected chi connectivity index (χ0v) is 18.1. The first kappa shape index (κ1) is 19.7. The molecule has 30 heavy (non-hydrogen) atoms. The van der Waals surface area contributed by atoms with Gasteiger partial charge in [-0.05, 0) is 70.0 Å². The van der Waals surface area contributed by atoms with E-state index in [1.165, 1.54) is 24.2 Å². The lowest BCUT2D eigenvalue weighted by molar-refractivity contribution is 0.0662. The molecule has 0 radical (unpaired) electrons. The Balaban J connectivity index is 1.34. The quantitative estimate of drug-likeness (QED) is 0.679. The number of aliphatic hydroxyl groups is 1. The molecule has 2 unspecified atom stereocenters. The second-order valence-electron chi connectivity index (χ2n) is 8.66. The lowest BCUT2D eigenvalue weighted by atomic mass is 10.0. The third-order valence-corrected chi connectivity index (χ3v) is 7.59. The second-order valence-corrected chi connectivity index (χ2v) is 9.79. The molecule has 2 saturated heterocycles. The van der Waals surface area contributed by atoms with Crippen LogP contribution in [0, 0.1) is 0 Å². The van der Waals surface area contributed by atoms with Crippen LogP contribution in [0.4, 0.5) is 0 Å². The fourth-order valence-electron chi connectivity index (χ4n) is 4.87.